The lowest BCUT2D eigenvalue weighted by Crippen LogP contribution is -2.26. The smallest absolute Gasteiger partial charge is 0.287 e. The van der Waals surface area contributed by atoms with E-state index in [1.807, 2.05) is 0 Å². The molecule has 0 fully saturated rings. The number of rotatable bonds is 3. The molecule has 1 nitrogen and oxygen atoms in total. The Kier molecular flexibility index (Phi) is 3.35. The Hall–Kier alpha value is -1.51. The van der Waals surface area contributed by atoms with Gasteiger partial charge in [0.2, 0.25) is 5.78 Å². The highest BCUT2D eigenvalue weighted by atomic mass is 19.3. The molecule has 1 aromatic rings. The molecule has 1 rings (SSSR count). The molecule has 0 heterocycles. The summed E-state index contributed by atoms with van der Waals surface area (Å²) >= 11 is 0. The van der Waals surface area contributed by atoms with Gasteiger partial charge in [0, 0.05) is 5.56 Å². The first-order valence-corrected chi connectivity index (χ1v) is 4.57. The molecule has 0 bridgehead atoms. The number of hydrogen-bond acceptors (Lipinski definition) is 1. The van der Waals surface area contributed by atoms with Crippen LogP contribution in [0.4, 0.5) is 8.78 Å². The van der Waals surface area contributed by atoms with Gasteiger partial charge in [-0.2, -0.15) is 8.78 Å². The fraction of sp³-hybridized carbons (Fsp3) is 0.250. The van der Waals surface area contributed by atoms with Crippen molar-refractivity contribution in [1.82, 2.24) is 0 Å². The molecular formula is C12H12F2O. The van der Waals surface area contributed by atoms with Crippen LogP contribution in [-0.2, 0) is 0 Å². The van der Waals surface area contributed by atoms with E-state index >= 15 is 0 Å². The molecule has 0 aliphatic heterocycles. The Balaban J connectivity index is 3.00. The Morgan fingerprint density at radius 1 is 1.20 bits per heavy atom. The van der Waals surface area contributed by atoms with Crippen LogP contribution in [0, 0.1) is 0 Å². The first-order chi connectivity index (χ1) is 6.93. The van der Waals surface area contributed by atoms with Crippen LogP contribution in [0.5, 0.6) is 0 Å². The fourth-order valence-electron chi connectivity index (χ4n) is 1.21. The van der Waals surface area contributed by atoms with Gasteiger partial charge in [0.1, 0.15) is 0 Å². The molecule has 0 amide bonds. The van der Waals surface area contributed by atoms with Crippen LogP contribution in [0.15, 0.2) is 42.0 Å². The maximum Gasteiger partial charge on any atom is 0.328 e. The lowest BCUT2D eigenvalue weighted by Gasteiger charge is -2.11. The summed E-state index contributed by atoms with van der Waals surface area (Å²) in [6.45, 7) is 3.07. The van der Waals surface area contributed by atoms with Gasteiger partial charge in [-0.15, -0.1) is 0 Å². The van der Waals surface area contributed by atoms with Crippen LogP contribution in [0.1, 0.15) is 24.2 Å². The second-order valence-corrected chi connectivity index (χ2v) is 3.54. The lowest BCUT2D eigenvalue weighted by molar-refractivity contribution is 0.0378. The second-order valence-electron chi connectivity index (χ2n) is 3.54. The third-order valence-corrected chi connectivity index (χ3v) is 1.81. The number of carbonyl (C=O) groups excluding carboxylic acids is 1. The minimum atomic E-state index is -3.42. The molecule has 0 saturated carbocycles. The van der Waals surface area contributed by atoms with Gasteiger partial charge in [0.05, 0.1) is 0 Å². The van der Waals surface area contributed by atoms with Crippen molar-refractivity contribution in [2.75, 3.05) is 0 Å². The van der Waals surface area contributed by atoms with Crippen LogP contribution in [0.3, 0.4) is 0 Å². The van der Waals surface area contributed by atoms with E-state index in [9.17, 15) is 13.6 Å². The minimum Gasteiger partial charge on any atom is -0.287 e. The van der Waals surface area contributed by atoms with E-state index < -0.39 is 11.7 Å². The van der Waals surface area contributed by atoms with E-state index in [0.717, 1.165) is 0 Å². The Morgan fingerprint density at radius 3 is 2.20 bits per heavy atom. The Morgan fingerprint density at radius 2 is 1.73 bits per heavy atom. The number of benzene rings is 1. The zero-order valence-corrected chi connectivity index (χ0v) is 8.63. The third-order valence-electron chi connectivity index (χ3n) is 1.81. The Bertz CT molecular complexity index is 376. The summed E-state index contributed by atoms with van der Waals surface area (Å²) in [5, 5.41) is 0. The van der Waals surface area contributed by atoms with Crippen LogP contribution in [0.2, 0.25) is 0 Å². The predicted octanol–water partition coefficient (Wildman–Crippen LogP) is 3.47. The quantitative estimate of drug-likeness (QED) is 0.551. The molecule has 15 heavy (non-hydrogen) atoms. The van der Waals surface area contributed by atoms with E-state index in [-0.39, 0.29) is 5.56 Å². The highest BCUT2D eigenvalue weighted by Crippen LogP contribution is 2.23. The molecule has 80 valence electrons. The van der Waals surface area contributed by atoms with Gasteiger partial charge in [0.25, 0.3) is 0 Å². The van der Waals surface area contributed by atoms with E-state index in [1.54, 1.807) is 18.2 Å². The SMILES string of the molecule is CC(C)=CC(F)(F)C(=O)c1ccccc1. The largest absolute Gasteiger partial charge is 0.328 e. The normalized spacial score (nSPS) is 10.9. The van der Waals surface area contributed by atoms with Crippen molar-refractivity contribution < 1.29 is 13.6 Å². The van der Waals surface area contributed by atoms with Gasteiger partial charge in [-0.3, -0.25) is 4.79 Å². The number of hydrogen-bond donors (Lipinski definition) is 0. The average molecular weight is 210 g/mol. The van der Waals surface area contributed by atoms with Crippen molar-refractivity contribution in [3.05, 3.63) is 47.5 Å². The maximum atomic E-state index is 13.3. The van der Waals surface area contributed by atoms with Crippen molar-refractivity contribution in [3.63, 3.8) is 0 Å². The second kappa shape index (κ2) is 4.34. The Labute approximate surface area is 87.4 Å². The first kappa shape index (κ1) is 11.6. The van der Waals surface area contributed by atoms with Crippen molar-refractivity contribution >= 4 is 5.78 Å². The highest BCUT2D eigenvalue weighted by Gasteiger charge is 2.36. The number of halogens is 2. The van der Waals surface area contributed by atoms with Crippen molar-refractivity contribution in [2.24, 2.45) is 0 Å². The number of carbonyl (C=O) groups is 1. The van der Waals surface area contributed by atoms with Gasteiger partial charge in [-0.05, 0) is 19.9 Å². The van der Waals surface area contributed by atoms with Crippen LogP contribution < -0.4 is 0 Å². The van der Waals surface area contributed by atoms with E-state index in [1.165, 1.54) is 26.0 Å². The number of Topliss-reactive ketones (excluding diaryl/α,β-unsaturated/α-hetero) is 1. The summed E-state index contributed by atoms with van der Waals surface area (Å²) in [6.07, 6.45) is 0.683. The van der Waals surface area contributed by atoms with E-state index in [0.29, 0.717) is 11.6 Å². The molecular weight excluding hydrogens is 198 g/mol. The first-order valence-electron chi connectivity index (χ1n) is 4.57. The number of alkyl halides is 2. The standard InChI is InChI=1S/C12H12F2O/c1-9(2)8-12(13,14)11(15)10-6-4-3-5-7-10/h3-8H,1-2H3. The van der Waals surface area contributed by atoms with Gasteiger partial charge in [-0.25, -0.2) is 0 Å². The summed E-state index contributed by atoms with van der Waals surface area (Å²) in [6, 6.07) is 7.57. The van der Waals surface area contributed by atoms with E-state index in [4.69, 9.17) is 0 Å². The topological polar surface area (TPSA) is 17.1 Å². The molecule has 1 aromatic carbocycles. The van der Waals surface area contributed by atoms with Crippen molar-refractivity contribution in [2.45, 2.75) is 19.8 Å². The predicted molar refractivity (Wildman–Crippen MR) is 55.2 cm³/mol. The third kappa shape index (κ3) is 2.98. The molecule has 0 atom stereocenters. The van der Waals surface area contributed by atoms with Gasteiger partial charge in [-0.1, -0.05) is 35.9 Å². The molecule has 0 aliphatic carbocycles. The molecule has 3 heteroatoms. The summed E-state index contributed by atoms with van der Waals surface area (Å²) in [7, 11) is 0. The number of ketones is 1. The highest BCUT2D eigenvalue weighted by molar-refractivity contribution is 6.02. The lowest BCUT2D eigenvalue weighted by atomic mass is 10.0. The zero-order chi connectivity index (χ0) is 11.5. The van der Waals surface area contributed by atoms with Gasteiger partial charge >= 0.3 is 5.92 Å². The van der Waals surface area contributed by atoms with Crippen molar-refractivity contribution in [3.8, 4) is 0 Å². The molecule has 0 spiro atoms. The van der Waals surface area contributed by atoms with Crippen molar-refractivity contribution in [1.29, 1.82) is 0 Å². The summed E-state index contributed by atoms with van der Waals surface area (Å²) < 4.78 is 26.7. The number of allylic oxidation sites excluding steroid dienone is 2. The van der Waals surface area contributed by atoms with Gasteiger partial charge in [0.15, 0.2) is 0 Å². The molecule has 0 aromatic heterocycles. The van der Waals surface area contributed by atoms with Crippen LogP contribution >= 0.6 is 0 Å². The van der Waals surface area contributed by atoms with Gasteiger partial charge < -0.3 is 0 Å². The fourth-order valence-corrected chi connectivity index (χ4v) is 1.21. The molecule has 0 N–H and O–H groups in total. The maximum absolute atomic E-state index is 13.3. The monoisotopic (exact) mass is 210 g/mol. The molecule has 0 radical (unpaired) electrons. The minimum absolute atomic E-state index is 0.0278. The average Bonchev–Trinajstić information content (AvgIpc) is 2.16. The molecule has 0 saturated heterocycles. The zero-order valence-electron chi connectivity index (χ0n) is 8.63. The van der Waals surface area contributed by atoms with Crippen LogP contribution in [-0.4, -0.2) is 11.7 Å². The van der Waals surface area contributed by atoms with Crippen LogP contribution in [0.25, 0.3) is 0 Å². The summed E-state index contributed by atoms with van der Waals surface area (Å²) in [4.78, 5) is 11.4. The molecule has 0 aliphatic rings. The molecule has 0 unspecified atom stereocenters. The summed E-state index contributed by atoms with van der Waals surface area (Å²) in [5.41, 5.74) is 0.448. The summed E-state index contributed by atoms with van der Waals surface area (Å²) in [5.74, 6) is -4.58. The van der Waals surface area contributed by atoms with E-state index in [2.05, 4.69) is 0 Å².